The lowest BCUT2D eigenvalue weighted by atomic mass is 9.77. The molecule has 3 heteroatoms. The Hall–Kier alpha value is -0.900. The molecule has 0 fully saturated rings. The van der Waals surface area contributed by atoms with Crippen LogP contribution in [-0.2, 0) is 38.5 Å². The number of hydrogen-bond acceptors (Lipinski definition) is 3. The summed E-state index contributed by atoms with van der Waals surface area (Å²) < 4.78 is 0. The van der Waals surface area contributed by atoms with E-state index in [0.717, 1.165) is 19.3 Å². The van der Waals surface area contributed by atoms with Gasteiger partial charge in [-0.3, -0.25) is 0 Å². The highest BCUT2D eigenvalue weighted by Gasteiger charge is 2.23. The van der Waals surface area contributed by atoms with E-state index in [0.29, 0.717) is 19.8 Å². The first kappa shape index (κ1) is 66.1. The molecule has 0 unspecified atom stereocenters. The van der Waals surface area contributed by atoms with Crippen LogP contribution in [0.3, 0.4) is 0 Å². The lowest BCUT2D eigenvalue weighted by molar-refractivity contribution is 0.282. The largest absolute Gasteiger partial charge is 0.396 e. The molecule has 1 aromatic carbocycles. The van der Waals surface area contributed by atoms with Crippen molar-refractivity contribution in [3.05, 3.63) is 33.4 Å². The summed E-state index contributed by atoms with van der Waals surface area (Å²) in [4.78, 5) is 0. The van der Waals surface area contributed by atoms with Gasteiger partial charge in [-0.2, -0.15) is 0 Å². The van der Waals surface area contributed by atoms with Crippen LogP contribution in [0.1, 0.15) is 362 Å². The van der Waals surface area contributed by atoms with Gasteiger partial charge in [0, 0.05) is 19.8 Å². The number of aliphatic hydroxyl groups excluding tert-OH is 3. The number of rotatable bonds is 57. The fraction of sp³-hybridized carbons (Fsp3) is 0.909. The molecule has 1 aromatic rings. The van der Waals surface area contributed by atoms with Crippen LogP contribution in [0.2, 0.25) is 0 Å². The summed E-state index contributed by atoms with van der Waals surface area (Å²) in [5.74, 6) is 0. The monoisotopic (exact) mass is 967 g/mol. The SMILES string of the molecule is CCCCCCCCc1c(CCCCCCCC)c(CCCCCCCCCCCCO)c(CCCCCCCCCCCCO)c(CCCCCCCC)c1CCCCCCCCCCCCO. The van der Waals surface area contributed by atoms with E-state index in [1.165, 1.54) is 327 Å². The van der Waals surface area contributed by atoms with Gasteiger partial charge in [0.25, 0.3) is 0 Å². The lowest BCUT2D eigenvalue weighted by Gasteiger charge is -2.28. The van der Waals surface area contributed by atoms with Crippen LogP contribution in [0, 0.1) is 0 Å². The quantitative estimate of drug-likeness (QED) is 0.0570. The maximum Gasteiger partial charge on any atom is 0.0431 e. The van der Waals surface area contributed by atoms with E-state index in [1.54, 1.807) is 0 Å². The summed E-state index contributed by atoms with van der Waals surface area (Å²) in [7, 11) is 0. The van der Waals surface area contributed by atoms with Crippen LogP contribution in [0.15, 0.2) is 0 Å². The van der Waals surface area contributed by atoms with Gasteiger partial charge < -0.3 is 15.3 Å². The Labute approximate surface area is 434 Å². The summed E-state index contributed by atoms with van der Waals surface area (Å²) in [6, 6.07) is 0. The molecule has 0 aliphatic heterocycles. The third-order valence-electron chi connectivity index (χ3n) is 16.0. The normalized spacial score (nSPS) is 11.7. The van der Waals surface area contributed by atoms with Gasteiger partial charge >= 0.3 is 0 Å². The fourth-order valence-corrected chi connectivity index (χ4v) is 11.6. The number of unbranched alkanes of at least 4 members (excludes halogenated alkanes) is 42. The highest BCUT2D eigenvalue weighted by atomic mass is 16.3. The minimum Gasteiger partial charge on any atom is -0.396 e. The van der Waals surface area contributed by atoms with E-state index in [-0.39, 0.29) is 0 Å². The van der Waals surface area contributed by atoms with E-state index in [1.807, 2.05) is 33.4 Å². The molecular formula is C66H126O3. The molecule has 0 atom stereocenters. The smallest absolute Gasteiger partial charge is 0.0431 e. The topological polar surface area (TPSA) is 60.7 Å². The molecule has 3 nitrogen and oxygen atoms in total. The van der Waals surface area contributed by atoms with Gasteiger partial charge in [-0.05, 0) is 130 Å². The van der Waals surface area contributed by atoms with Crippen molar-refractivity contribution < 1.29 is 15.3 Å². The van der Waals surface area contributed by atoms with E-state index in [4.69, 9.17) is 0 Å². The average molecular weight is 968 g/mol. The molecule has 1 rings (SSSR count). The maximum atomic E-state index is 9.19. The molecule has 0 bridgehead atoms. The Kier molecular flexibility index (Phi) is 51.2. The first-order valence-electron chi connectivity index (χ1n) is 32.2. The fourth-order valence-electron chi connectivity index (χ4n) is 11.6. The molecule has 0 aliphatic carbocycles. The minimum atomic E-state index is 0.355. The predicted octanol–water partition coefficient (Wildman–Crippen LogP) is 20.7. The summed E-state index contributed by atoms with van der Waals surface area (Å²) in [6.07, 6.45) is 72.5. The Morgan fingerprint density at radius 3 is 0.406 bits per heavy atom. The van der Waals surface area contributed by atoms with Gasteiger partial charge in [0.1, 0.15) is 0 Å². The van der Waals surface area contributed by atoms with Crippen molar-refractivity contribution >= 4 is 0 Å². The van der Waals surface area contributed by atoms with Crippen molar-refractivity contribution in [3.8, 4) is 0 Å². The molecule has 0 saturated carbocycles. The predicted molar refractivity (Wildman–Crippen MR) is 309 cm³/mol. The molecule has 3 N–H and O–H groups in total. The molecule has 408 valence electrons. The van der Waals surface area contributed by atoms with Crippen molar-refractivity contribution in [2.24, 2.45) is 0 Å². The molecule has 0 amide bonds. The van der Waals surface area contributed by atoms with Crippen LogP contribution in [0.5, 0.6) is 0 Å². The van der Waals surface area contributed by atoms with Gasteiger partial charge in [0.05, 0.1) is 0 Å². The van der Waals surface area contributed by atoms with Crippen LogP contribution in [0.4, 0.5) is 0 Å². The molecule has 0 spiro atoms. The van der Waals surface area contributed by atoms with Crippen molar-refractivity contribution in [2.75, 3.05) is 19.8 Å². The molecular weight excluding hydrogens is 841 g/mol. The molecule has 0 aliphatic rings. The Morgan fingerprint density at radius 2 is 0.275 bits per heavy atom. The lowest BCUT2D eigenvalue weighted by Crippen LogP contribution is -2.15. The zero-order chi connectivity index (χ0) is 49.8. The Bertz CT molecular complexity index is 1180. The molecule has 0 radical (unpaired) electrons. The van der Waals surface area contributed by atoms with Crippen molar-refractivity contribution in [2.45, 2.75) is 367 Å². The third kappa shape index (κ3) is 38.4. The molecule has 0 saturated heterocycles. The number of benzene rings is 1. The van der Waals surface area contributed by atoms with Crippen molar-refractivity contribution in [1.82, 2.24) is 0 Å². The molecule has 0 heterocycles. The van der Waals surface area contributed by atoms with Crippen molar-refractivity contribution in [3.63, 3.8) is 0 Å². The first-order valence-corrected chi connectivity index (χ1v) is 32.2. The minimum absolute atomic E-state index is 0.355. The van der Waals surface area contributed by atoms with Crippen LogP contribution in [0.25, 0.3) is 0 Å². The van der Waals surface area contributed by atoms with Crippen molar-refractivity contribution in [1.29, 1.82) is 0 Å². The first-order chi connectivity index (χ1) is 34.2. The van der Waals surface area contributed by atoms with Gasteiger partial charge in [-0.1, -0.05) is 271 Å². The van der Waals surface area contributed by atoms with E-state index < -0.39 is 0 Å². The third-order valence-corrected chi connectivity index (χ3v) is 16.0. The average Bonchev–Trinajstić information content (AvgIpc) is 3.36. The molecule has 69 heavy (non-hydrogen) atoms. The Balaban J connectivity index is 3.59. The highest BCUT2D eigenvalue weighted by Crippen LogP contribution is 2.37. The summed E-state index contributed by atoms with van der Waals surface area (Å²) in [5, 5.41) is 27.6. The maximum absolute atomic E-state index is 9.19. The number of aliphatic hydroxyl groups is 3. The van der Waals surface area contributed by atoms with Crippen LogP contribution < -0.4 is 0 Å². The van der Waals surface area contributed by atoms with E-state index >= 15 is 0 Å². The zero-order valence-corrected chi connectivity index (χ0v) is 47.6. The van der Waals surface area contributed by atoms with E-state index in [2.05, 4.69) is 20.8 Å². The zero-order valence-electron chi connectivity index (χ0n) is 47.6. The summed E-state index contributed by atoms with van der Waals surface area (Å²) in [5.41, 5.74) is 11.3. The summed E-state index contributed by atoms with van der Waals surface area (Å²) >= 11 is 0. The molecule has 0 aromatic heterocycles. The second-order valence-electron chi connectivity index (χ2n) is 22.5. The van der Waals surface area contributed by atoms with Gasteiger partial charge in [-0.15, -0.1) is 0 Å². The summed E-state index contributed by atoms with van der Waals surface area (Å²) in [6.45, 7) is 8.16. The highest BCUT2D eigenvalue weighted by molar-refractivity contribution is 5.53. The van der Waals surface area contributed by atoms with Crippen LogP contribution >= 0.6 is 0 Å². The van der Waals surface area contributed by atoms with Gasteiger partial charge in [0.15, 0.2) is 0 Å². The second kappa shape index (κ2) is 53.4. The second-order valence-corrected chi connectivity index (χ2v) is 22.5. The van der Waals surface area contributed by atoms with Gasteiger partial charge in [0.2, 0.25) is 0 Å². The van der Waals surface area contributed by atoms with Gasteiger partial charge in [-0.25, -0.2) is 0 Å². The van der Waals surface area contributed by atoms with E-state index in [9.17, 15) is 15.3 Å². The van der Waals surface area contributed by atoms with Crippen LogP contribution in [-0.4, -0.2) is 35.1 Å². The number of hydrogen-bond donors (Lipinski definition) is 3. The Morgan fingerprint density at radius 1 is 0.159 bits per heavy atom. The standard InChI is InChI=1S/C66H126O3/c1-4-7-10-13-34-43-52-61-62(53-44-35-14-11-8-5-2)65(56-47-38-29-23-17-20-26-32-41-50-59-68)66(57-48-39-30-24-18-21-27-33-42-51-60-69)63(54-45-36-15-12-9-6-3)64(61)55-46-37-28-22-16-19-25-31-40-49-58-67/h67-69H,4-60H2,1-3H3.